The van der Waals surface area contributed by atoms with Gasteiger partial charge < -0.3 is 0 Å². The lowest BCUT2D eigenvalue weighted by molar-refractivity contribution is 0.536. The fourth-order valence-electron chi connectivity index (χ4n) is 2.28. The molecule has 0 heterocycles. The Morgan fingerprint density at radius 2 is 1.22 bits per heavy atom. The summed E-state index contributed by atoms with van der Waals surface area (Å²) < 4.78 is 0. The summed E-state index contributed by atoms with van der Waals surface area (Å²) in [6, 6.07) is 21.2. The van der Waals surface area contributed by atoms with Crippen molar-refractivity contribution in [1.82, 2.24) is 0 Å². The molecule has 0 radical (unpaired) electrons. The molecule has 0 atom stereocenters. The summed E-state index contributed by atoms with van der Waals surface area (Å²) in [6.07, 6.45) is 8.43. The highest BCUT2D eigenvalue weighted by atomic mass is 14.1. The van der Waals surface area contributed by atoms with Crippen molar-refractivity contribution in [2.45, 2.75) is 19.3 Å². The predicted molar refractivity (Wildman–Crippen MR) is 77.2 cm³/mol. The summed E-state index contributed by atoms with van der Waals surface area (Å²) in [6.45, 7) is 0. The second-order valence-electron chi connectivity index (χ2n) is 4.65. The van der Waals surface area contributed by atoms with E-state index in [0.717, 1.165) is 19.3 Å². The molecule has 0 saturated heterocycles. The molecular weight excluding hydrogens is 216 g/mol. The Hall–Kier alpha value is -2.00. The van der Waals surface area contributed by atoms with E-state index in [2.05, 4.69) is 66.6 Å². The summed E-state index contributed by atoms with van der Waals surface area (Å²) in [4.78, 5) is 0. The molecule has 0 aliphatic carbocycles. The fraction of sp³-hybridized carbons (Fsp3) is 0.222. The van der Waals surface area contributed by atoms with Crippen LogP contribution in [0.25, 0.3) is 0 Å². The zero-order valence-corrected chi connectivity index (χ0v) is 10.5. The molecular formula is C18H18. The monoisotopic (exact) mass is 234 g/mol. The third kappa shape index (κ3) is 3.79. The van der Waals surface area contributed by atoms with E-state index in [1.165, 1.54) is 11.1 Å². The van der Waals surface area contributed by atoms with E-state index in [9.17, 15) is 0 Å². The van der Waals surface area contributed by atoms with Gasteiger partial charge in [-0.15, -0.1) is 12.3 Å². The van der Waals surface area contributed by atoms with Crippen LogP contribution in [0.4, 0.5) is 0 Å². The molecule has 0 nitrogen and oxygen atoms in total. The molecule has 0 saturated carbocycles. The van der Waals surface area contributed by atoms with Crippen molar-refractivity contribution in [2.75, 3.05) is 0 Å². The van der Waals surface area contributed by atoms with Crippen molar-refractivity contribution in [3.05, 3.63) is 71.8 Å². The molecule has 90 valence electrons. The lowest BCUT2D eigenvalue weighted by Crippen LogP contribution is -2.07. The first-order valence-corrected chi connectivity index (χ1v) is 6.40. The van der Waals surface area contributed by atoms with Crippen LogP contribution in [0.3, 0.4) is 0 Å². The molecule has 2 aromatic carbocycles. The van der Waals surface area contributed by atoms with Gasteiger partial charge >= 0.3 is 0 Å². The SMILES string of the molecule is C#CCC(Cc1ccccc1)Cc1ccccc1. The van der Waals surface area contributed by atoms with Crippen molar-refractivity contribution >= 4 is 0 Å². The first-order valence-electron chi connectivity index (χ1n) is 6.40. The summed E-state index contributed by atoms with van der Waals surface area (Å²) in [5, 5.41) is 0. The molecule has 18 heavy (non-hydrogen) atoms. The van der Waals surface area contributed by atoms with Gasteiger partial charge in [0.1, 0.15) is 0 Å². The highest BCUT2D eigenvalue weighted by Crippen LogP contribution is 2.17. The predicted octanol–water partition coefficient (Wildman–Crippen LogP) is 4.11. The van der Waals surface area contributed by atoms with E-state index in [1.807, 2.05) is 0 Å². The van der Waals surface area contributed by atoms with Gasteiger partial charge in [0, 0.05) is 6.42 Å². The fourth-order valence-corrected chi connectivity index (χ4v) is 2.28. The van der Waals surface area contributed by atoms with Crippen LogP contribution in [0.5, 0.6) is 0 Å². The molecule has 0 fully saturated rings. The molecule has 0 bridgehead atoms. The van der Waals surface area contributed by atoms with E-state index in [1.54, 1.807) is 0 Å². The number of benzene rings is 2. The van der Waals surface area contributed by atoms with Gasteiger partial charge in [0.15, 0.2) is 0 Å². The minimum atomic E-state index is 0.528. The van der Waals surface area contributed by atoms with Crippen LogP contribution in [0.15, 0.2) is 60.7 Å². The topological polar surface area (TPSA) is 0 Å². The Morgan fingerprint density at radius 3 is 1.61 bits per heavy atom. The Labute approximate surface area is 110 Å². The molecule has 0 heteroatoms. The van der Waals surface area contributed by atoms with Gasteiger partial charge in [-0.2, -0.15) is 0 Å². The maximum absolute atomic E-state index is 5.49. The van der Waals surface area contributed by atoms with Gasteiger partial charge in [0.2, 0.25) is 0 Å². The van der Waals surface area contributed by atoms with Gasteiger partial charge in [0.05, 0.1) is 0 Å². The first kappa shape index (κ1) is 12.5. The summed E-state index contributed by atoms with van der Waals surface area (Å²) >= 11 is 0. The van der Waals surface area contributed by atoms with Crippen molar-refractivity contribution < 1.29 is 0 Å². The lowest BCUT2D eigenvalue weighted by Gasteiger charge is -2.14. The maximum Gasteiger partial charge on any atom is 0.0121 e. The summed E-state index contributed by atoms with van der Waals surface area (Å²) in [5.41, 5.74) is 2.74. The van der Waals surface area contributed by atoms with Gasteiger partial charge in [-0.1, -0.05) is 60.7 Å². The zero-order valence-electron chi connectivity index (χ0n) is 10.5. The quantitative estimate of drug-likeness (QED) is 0.683. The molecule has 0 amide bonds. The van der Waals surface area contributed by atoms with E-state index in [-0.39, 0.29) is 0 Å². The first-order chi connectivity index (χ1) is 8.88. The van der Waals surface area contributed by atoms with Crippen LogP contribution in [0.1, 0.15) is 17.5 Å². The summed E-state index contributed by atoms with van der Waals surface area (Å²) in [7, 11) is 0. The maximum atomic E-state index is 5.49. The van der Waals surface area contributed by atoms with Crippen LogP contribution >= 0.6 is 0 Å². The average molecular weight is 234 g/mol. The Morgan fingerprint density at radius 1 is 0.778 bits per heavy atom. The van der Waals surface area contributed by atoms with E-state index >= 15 is 0 Å². The van der Waals surface area contributed by atoms with Gasteiger partial charge in [0.25, 0.3) is 0 Å². The third-order valence-corrected chi connectivity index (χ3v) is 3.14. The molecule has 0 spiro atoms. The Bertz CT molecular complexity index is 449. The minimum Gasteiger partial charge on any atom is -0.120 e. The lowest BCUT2D eigenvalue weighted by atomic mass is 9.90. The van der Waals surface area contributed by atoms with Crippen LogP contribution < -0.4 is 0 Å². The van der Waals surface area contributed by atoms with Crippen molar-refractivity contribution in [3.63, 3.8) is 0 Å². The molecule has 2 rings (SSSR count). The Kier molecular flexibility index (Phi) is 4.61. The molecule has 2 aromatic rings. The molecule has 0 unspecified atom stereocenters. The summed E-state index contributed by atoms with van der Waals surface area (Å²) in [5.74, 6) is 3.34. The van der Waals surface area contributed by atoms with Gasteiger partial charge in [-0.3, -0.25) is 0 Å². The minimum absolute atomic E-state index is 0.528. The number of hydrogen-bond donors (Lipinski definition) is 0. The second kappa shape index (κ2) is 6.67. The van der Waals surface area contributed by atoms with Crippen LogP contribution in [0.2, 0.25) is 0 Å². The van der Waals surface area contributed by atoms with Crippen molar-refractivity contribution in [2.24, 2.45) is 5.92 Å². The Balaban J connectivity index is 2.03. The van der Waals surface area contributed by atoms with Crippen LogP contribution in [-0.2, 0) is 12.8 Å². The number of hydrogen-bond acceptors (Lipinski definition) is 0. The number of rotatable bonds is 5. The van der Waals surface area contributed by atoms with Gasteiger partial charge in [-0.05, 0) is 29.9 Å². The standard InChI is InChI=1S/C18H18/c1-2-9-18(14-16-10-5-3-6-11-16)15-17-12-7-4-8-13-17/h1,3-8,10-13,18H,9,14-15H2. The number of terminal acetylenes is 1. The van der Waals surface area contributed by atoms with Crippen molar-refractivity contribution in [1.29, 1.82) is 0 Å². The van der Waals surface area contributed by atoms with E-state index in [0.29, 0.717) is 5.92 Å². The smallest absolute Gasteiger partial charge is 0.0121 e. The largest absolute Gasteiger partial charge is 0.120 e. The molecule has 0 aliphatic heterocycles. The normalized spacial score (nSPS) is 10.2. The van der Waals surface area contributed by atoms with Crippen LogP contribution in [0, 0.1) is 18.3 Å². The zero-order chi connectivity index (χ0) is 12.6. The average Bonchev–Trinajstić information content (AvgIpc) is 2.41. The molecule has 0 N–H and O–H groups in total. The van der Waals surface area contributed by atoms with E-state index in [4.69, 9.17) is 6.42 Å². The van der Waals surface area contributed by atoms with E-state index < -0.39 is 0 Å². The highest BCUT2D eigenvalue weighted by molar-refractivity contribution is 5.19. The van der Waals surface area contributed by atoms with Crippen molar-refractivity contribution in [3.8, 4) is 12.3 Å². The highest BCUT2D eigenvalue weighted by Gasteiger charge is 2.09. The third-order valence-electron chi connectivity index (χ3n) is 3.14. The molecule has 0 aromatic heterocycles. The van der Waals surface area contributed by atoms with Gasteiger partial charge in [-0.25, -0.2) is 0 Å². The van der Waals surface area contributed by atoms with Crippen LogP contribution in [-0.4, -0.2) is 0 Å². The second-order valence-corrected chi connectivity index (χ2v) is 4.65. The molecule has 0 aliphatic rings.